The monoisotopic (exact) mass is 309 g/mol. The number of hydrogen-bond acceptors (Lipinski definition) is 3. The topological polar surface area (TPSA) is 38.3 Å². The smallest absolute Gasteiger partial charge is 0.431 e. The van der Waals surface area contributed by atoms with Crippen LogP contribution in [0.2, 0.25) is 0 Å². The molecule has 0 atom stereocenters. The second kappa shape index (κ2) is 7.05. The SMILES string of the molecule is CCOC(=O)/C=C(\NCc1c(F)cccc1F)C(F)(F)F. The average Bonchev–Trinajstić information content (AvgIpc) is 2.35. The number of carbonyl (C=O) groups excluding carboxylic acids is 1. The number of nitrogens with one attached hydrogen (secondary N) is 1. The second-order valence-corrected chi connectivity index (χ2v) is 3.86. The van der Waals surface area contributed by atoms with Crippen LogP contribution in [0.25, 0.3) is 0 Å². The molecule has 8 heteroatoms. The molecule has 0 spiro atoms. The maximum absolute atomic E-state index is 13.3. The summed E-state index contributed by atoms with van der Waals surface area (Å²) in [5, 5.41) is 1.80. The van der Waals surface area contributed by atoms with E-state index in [9.17, 15) is 26.7 Å². The first-order valence-electron chi connectivity index (χ1n) is 5.88. The predicted molar refractivity (Wildman–Crippen MR) is 64.0 cm³/mol. The number of ether oxygens (including phenoxy) is 1. The molecule has 1 rings (SSSR count). The number of rotatable bonds is 5. The highest BCUT2D eigenvalue weighted by Crippen LogP contribution is 2.24. The number of carbonyl (C=O) groups is 1. The van der Waals surface area contributed by atoms with Crippen molar-refractivity contribution in [1.29, 1.82) is 0 Å². The molecule has 0 unspecified atom stereocenters. The van der Waals surface area contributed by atoms with Crippen LogP contribution in [-0.4, -0.2) is 18.8 Å². The lowest BCUT2D eigenvalue weighted by Gasteiger charge is -2.14. The highest BCUT2D eigenvalue weighted by Gasteiger charge is 2.34. The van der Waals surface area contributed by atoms with Crippen LogP contribution >= 0.6 is 0 Å². The molecular weight excluding hydrogens is 297 g/mol. The van der Waals surface area contributed by atoms with E-state index in [1.807, 2.05) is 0 Å². The molecule has 116 valence electrons. The lowest BCUT2D eigenvalue weighted by atomic mass is 10.2. The van der Waals surface area contributed by atoms with Gasteiger partial charge >= 0.3 is 12.1 Å². The van der Waals surface area contributed by atoms with Gasteiger partial charge in [-0.05, 0) is 19.1 Å². The third-order valence-corrected chi connectivity index (χ3v) is 2.37. The zero-order valence-electron chi connectivity index (χ0n) is 10.9. The quantitative estimate of drug-likeness (QED) is 0.516. The van der Waals surface area contributed by atoms with Crippen molar-refractivity contribution in [2.45, 2.75) is 19.6 Å². The van der Waals surface area contributed by atoms with Crippen molar-refractivity contribution in [3.63, 3.8) is 0 Å². The molecule has 0 amide bonds. The lowest BCUT2D eigenvalue weighted by molar-refractivity contribution is -0.138. The van der Waals surface area contributed by atoms with Gasteiger partial charge in [0.25, 0.3) is 0 Å². The summed E-state index contributed by atoms with van der Waals surface area (Å²) in [6, 6.07) is 2.93. The molecule has 0 radical (unpaired) electrons. The van der Waals surface area contributed by atoms with Crippen molar-refractivity contribution < 1.29 is 31.5 Å². The van der Waals surface area contributed by atoms with Crippen LogP contribution in [0.15, 0.2) is 30.0 Å². The zero-order valence-corrected chi connectivity index (χ0v) is 10.9. The van der Waals surface area contributed by atoms with Gasteiger partial charge < -0.3 is 10.1 Å². The summed E-state index contributed by atoms with van der Waals surface area (Å²) in [6.45, 7) is 0.576. The fraction of sp³-hybridized carbons (Fsp3) is 0.308. The van der Waals surface area contributed by atoms with Gasteiger partial charge in [-0.1, -0.05) is 6.07 Å². The molecule has 0 heterocycles. The fourth-order valence-corrected chi connectivity index (χ4v) is 1.42. The zero-order chi connectivity index (χ0) is 16.0. The minimum absolute atomic E-state index is 0.0948. The maximum Gasteiger partial charge on any atom is 0.431 e. The molecular formula is C13H12F5NO2. The van der Waals surface area contributed by atoms with Crippen molar-refractivity contribution in [2.75, 3.05) is 6.61 Å². The Morgan fingerprint density at radius 2 is 1.86 bits per heavy atom. The Bertz CT molecular complexity index is 520. The summed E-state index contributed by atoms with van der Waals surface area (Å²) in [4.78, 5) is 11.1. The summed E-state index contributed by atoms with van der Waals surface area (Å²) >= 11 is 0. The molecule has 0 aliphatic rings. The summed E-state index contributed by atoms with van der Waals surface area (Å²) in [7, 11) is 0. The number of hydrogen-bond donors (Lipinski definition) is 1. The molecule has 0 fully saturated rings. The van der Waals surface area contributed by atoms with Gasteiger partial charge in [-0.2, -0.15) is 13.2 Å². The Labute approximate surface area is 117 Å². The van der Waals surface area contributed by atoms with Crippen LogP contribution in [0, 0.1) is 11.6 Å². The number of esters is 1. The van der Waals surface area contributed by atoms with Gasteiger partial charge in [0.15, 0.2) is 0 Å². The normalized spacial score (nSPS) is 12.2. The molecule has 1 N–H and O–H groups in total. The third kappa shape index (κ3) is 5.05. The standard InChI is InChI=1S/C13H12F5NO2/c1-2-21-12(20)6-11(13(16,17)18)19-7-8-9(14)4-3-5-10(8)15/h3-6,19H,2,7H2,1H3/b11-6-. The number of alkyl halides is 3. The van der Waals surface area contributed by atoms with Crippen molar-refractivity contribution >= 4 is 5.97 Å². The van der Waals surface area contributed by atoms with Crippen LogP contribution in [0.4, 0.5) is 22.0 Å². The van der Waals surface area contributed by atoms with Crippen LogP contribution < -0.4 is 5.32 Å². The van der Waals surface area contributed by atoms with Gasteiger partial charge in [-0.25, -0.2) is 13.6 Å². The van der Waals surface area contributed by atoms with Crippen LogP contribution in [-0.2, 0) is 16.1 Å². The van der Waals surface area contributed by atoms with E-state index in [0.717, 1.165) is 18.2 Å². The molecule has 0 aliphatic heterocycles. The van der Waals surface area contributed by atoms with E-state index in [2.05, 4.69) is 4.74 Å². The van der Waals surface area contributed by atoms with Gasteiger partial charge in [-0.15, -0.1) is 0 Å². The Morgan fingerprint density at radius 1 is 1.29 bits per heavy atom. The summed E-state index contributed by atoms with van der Waals surface area (Å²) < 4.78 is 69.1. The molecule has 0 saturated heterocycles. The van der Waals surface area contributed by atoms with Gasteiger partial charge in [-0.3, -0.25) is 0 Å². The van der Waals surface area contributed by atoms with E-state index in [1.165, 1.54) is 6.92 Å². The maximum atomic E-state index is 13.3. The van der Waals surface area contributed by atoms with Gasteiger partial charge in [0.2, 0.25) is 0 Å². The van der Waals surface area contributed by atoms with Gasteiger partial charge in [0, 0.05) is 12.1 Å². The minimum Gasteiger partial charge on any atom is -0.463 e. The number of halogens is 5. The molecule has 21 heavy (non-hydrogen) atoms. The van der Waals surface area contributed by atoms with Crippen molar-refractivity contribution in [1.82, 2.24) is 5.32 Å². The fourth-order valence-electron chi connectivity index (χ4n) is 1.42. The van der Waals surface area contributed by atoms with Crippen molar-refractivity contribution in [3.8, 4) is 0 Å². The van der Waals surface area contributed by atoms with E-state index < -0.39 is 41.6 Å². The summed E-state index contributed by atoms with van der Waals surface area (Å²) in [5.41, 5.74) is -2.00. The number of allylic oxidation sites excluding steroid dienone is 1. The van der Waals surface area contributed by atoms with Gasteiger partial charge in [0.1, 0.15) is 17.3 Å². The van der Waals surface area contributed by atoms with Gasteiger partial charge in [0.05, 0.1) is 12.7 Å². The Balaban J connectivity index is 2.91. The largest absolute Gasteiger partial charge is 0.463 e. The first-order valence-corrected chi connectivity index (χ1v) is 5.88. The molecule has 0 bridgehead atoms. The third-order valence-electron chi connectivity index (χ3n) is 2.37. The first-order chi connectivity index (χ1) is 9.75. The Hall–Kier alpha value is -2.12. The Kier molecular flexibility index (Phi) is 5.69. The van der Waals surface area contributed by atoms with Crippen molar-refractivity contribution in [2.24, 2.45) is 0 Å². The van der Waals surface area contributed by atoms with E-state index in [0.29, 0.717) is 0 Å². The second-order valence-electron chi connectivity index (χ2n) is 3.86. The van der Waals surface area contributed by atoms with E-state index >= 15 is 0 Å². The van der Waals surface area contributed by atoms with E-state index in [1.54, 1.807) is 5.32 Å². The highest BCUT2D eigenvalue weighted by molar-refractivity contribution is 5.82. The van der Waals surface area contributed by atoms with Crippen molar-refractivity contribution in [3.05, 3.63) is 47.2 Å². The number of benzene rings is 1. The van der Waals surface area contributed by atoms with Crippen LogP contribution in [0.5, 0.6) is 0 Å². The average molecular weight is 309 g/mol. The summed E-state index contributed by atoms with van der Waals surface area (Å²) in [6.07, 6.45) is -4.68. The first kappa shape index (κ1) is 16.9. The summed E-state index contributed by atoms with van der Waals surface area (Å²) in [5.74, 6) is -3.17. The Morgan fingerprint density at radius 3 is 2.33 bits per heavy atom. The predicted octanol–water partition coefficient (Wildman–Crippen LogP) is 3.06. The van der Waals surface area contributed by atoms with E-state index in [-0.39, 0.29) is 12.7 Å². The molecule has 0 saturated carbocycles. The molecule has 0 aliphatic carbocycles. The molecule has 1 aromatic carbocycles. The van der Waals surface area contributed by atoms with Crippen LogP contribution in [0.3, 0.4) is 0 Å². The molecule has 1 aromatic rings. The molecule has 0 aromatic heterocycles. The lowest BCUT2D eigenvalue weighted by Crippen LogP contribution is -2.28. The van der Waals surface area contributed by atoms with Crippen LogP contribution in [0.1, 0.15) is 12.5 Å². The highest BCUT2D eigenvalue weighted by atomic mass is 19.4. The minimum atomic E-state index is -4.88. The van der Waals surface area contributed by atoms with E-state index in [4.69, 9.17) is 0 Å². The molecule has 3 nitrogen and oxygen atoms in total.